The molecule has 1 amide bonds. The van der Waals surface area contributed by atoms with Crippen molar-refractivity contribution in [2.24, 2.45) is 5.92 Å². The molecule has 88 valence electrons. The standard InChI is InChI=1S/C14H16N2O/c1-2-10-5-3-4-6-12(10)14(17)16-13(9-15)11-7-8-11/h3-6,11,13H,2,7-8H2,1H3,(H,16,17). The highest BCUT2D eigenvalue weighted by Crippen LogP contribution is 2.32. The highest BCUT2D eigenvalue weighted by molar-refractivity contribution is 5.96. The van der Waals surface area contributed by atoms with Gasteiger partial charge in [0.25, 0.3) is 5.91 Å². The molecular weight excluding hydrogens is 212 g/mol. The van der Waals surface area contributed by atoms with Crippen LogP contribution in [0.5, 0.6) is 0 Å². The highest BCUT2D eigenvalue weighted by Gasteiger charge is 2.32. The van der Waals surface area contributed by atoms with Crippen molar-refractivity contribution in [2.45, 2.75) is 32.2 Å². The van der Waals surface area contributed by atoms with Crippen LogP contribution in [0.15, 0.2) is 24.3 Å². The molecule has 0 bridgehead atoms. The van der Waals surface area contributed by atoms with Crippen LogP contribution in [-0.2, 0) is 6.42 Å². The van der Waals surface area contributed by atoms with E-state index in [1.54, 1.807) is 0 Å². The minimum absolute atomic E-state index is 0.124. The molecule has 0 radical (unpaired) electrons. The van der Waals surface area contributed by atoms with E-state index in [4.69, 9.17) is 5.26 Å². The van der Waals surface area contributed by atoms with E-state index < -0.39 is 0 Å². The SMILES string of the molecule is CCc1ccccc1C(=O)NC(C#N)C1CC1. The van der Waals surface area contributed by atoms with E-state index in [9.17, 15) is 4.79 Å². The first-order valence-corrected chi connectivity index (χ1v) is 6.04. The number of aryl methyl sites for hydroxylation is 1. The largest absolute Gasteiger partial charge is 0.336 e. The Labute approximate surface area is 101 Å². The summed E-state index contributed by atoms with van der Waals surface area (Å²) in [5.41, 5.74) is 1.72. The van der Waals surface area contributed by atoms with Crippen LogP contribution in [0, 0.1) is 17.2 Å². The summed E-state index contributed by atoms with van der Waals surface area (Å²) in [5, 5.41) is 11.8. The first-order chi connectivity index (χ1) is 8.26. The molecule has 1 aliphatic rings. The zero-order valence-corrected chi connectivity index (χ0v) is 9.94. The Morgan fingerprint density at radius 1 is 1.53 bits per heavy atom. The first kappa shape index (κ1) is 11.7. The maximum Gasteiger partial charge on any atom is 0.252 e. The van der Waals surface area contributed by atoms with Gasteiger partial charge in [0.1, 0.15) is 6.04 Å². The smallest absolute Gasteiger partial charge is 0.252 e. The van der Waals surface area contributed by atoms with Gasteiger partial charge in [-0.2, -0.15) is 5.26 Å². The van der Waals surface area contributed by atoms with Gasteiger partial charge in [-0.3, -0.25) is 4.79 Å². The number of nitrogens with zero attached hydrogens (tertiary/aromatic N) is 1. The van der Waals surface area contributed by atoms with Crippen molar-refractivity contribution < 1.29 is 4.79 Å². The number of hydrogen-bond donors (Lipinski definition) is 1. The Kier molecular flexibility index (Phi) is 3.43. The van der Waals surface area contributed by atoms with Gasteiger partial charge < -0.3 is 5.32 Å². The van der Waals surface area contributed by atoms with Crippen molar-refractivity contribution in [1.29, 1.82) is 5.26 Å². The fourth-order valence-corrected chi connectivity index (χ4v) is 1.95. The molecule has 1 unspecified atom stereocenters. The van der Waals surface area contributed by atoms with Crippen molar-refractivity contribution in [3.8, 4) is 6.07 Å². The van der Waals surface area contributed by atoms with Crippen molar-refractivity contribution in [3.05, 3.63) is 35.4 Å². The van der Waals surface area contributed by atoms with Crippen molar-refractivity contribution >= 4 is 5.91 Å². The zero-order valence-electron chi connectivity index (χ0n) is 9.94. The number of amides is 1. The molecule has 1 aromatic rings. The topological polar surface area (TPSA) is 52.9 Å². The molecule has 0 spiro atoms. The lowest BCUT2D eigenvalue weighted by Gasteiger charge is -2.12. The summed E-state index contributed by atoms with van der Waals surface area (Å²) in [6, 6.07) is 9.39. The number of nitrogens with one attached hydrogen (secondary N) is 1. The van der Waals surface area contributed by atoms with E-state index in [-0.39, 0.29) is 11.9 Å². The molecule has 1 aromatic carbocycles. The Bertz CT molecular complexity index is 458. The lowest BCUT2D eigenvalue weighted by molar-refractivity contribution is 0.0941. The number of rotatable bonds is 4. The molecule has 1 saturated carbocycles. The Balaban J connectivity index is 2.11. The molecule has 1 atom stereocenters. The molecule has 3 heteroatoms. The lowest BCUT2D eigenvalue weighted by atomic mass is 10.0. The van der Waals surface area contributed by atoms with E-state index in [1.165, 1.54) is 0 Å². The van der Waals surface area contributed by atoms with Gasteiger partial charge in [-0.15, -0.1) is 0 Å². The van der Waals surface area contributed by atoms with Crippen molar-refractivity contribution in [2.75, 3.05) is 0 Å². The monoisotopic (exact) mass is 228 g/mol. The summed E-state index contributed by atoms with van der Waals surface area (Å²) in [6.45, 7) is 2.02. The highest BCUT2D eigenvalue weighted by atomic mass is 16.1. The average molecular weight is 228 g/mol. The maximum atomic E-state index is 12.1. The minimum Gasteiger partial charge on any atom is -0.336 e. The second kappa shape index (κ2) is 5.01. The Morgan fingerprint density at radius 2 is 2.24 bits per heavy atom. The third-order valence-corrected chi connectivity index (χ3v) is 3.16. The normalized spacial score (nSPS) is 16.0. The molecule has 0 aromatic heterocycles. The van der Waals surface area contributed by atoms with Crippen LogP contribution in [0.4, 0.5) is 0 Å². The van der Waals surface area contributed by atoms with Crippen LogP contribution in [-0.4, -0.2) is 11.9 Å². The number of carbonyl (C=O) groups is 1. The van der Waals surface area contributed by atoms with Gasteiger partial charge in [0.2, 0.25) is 0 Å². The van der Waals surface area contributed by atoms with Crippen LogP contribution in [0.2, 0.25) is 0 Å². The molecule has 0 saturated heterocycles. The molecule has 17 heavy (non-hydrogen) atoms. The van der Waals surface area contributed by atoms with E-state index in [0.717, 1.165) is 24.8 Å². The summed E-state index contributed by atoms with van der Waals surface area (Å²) in [5.74, 6) is 0.235. The molecule has 1 N–H and O–H groups in total. The van der Waals surface area contributed by atoms with E-state index in [2.05, 4.69) is 11.4 Å². The van der Waals surface area contributed by atoms with Crippen LogP contribution < -0.4 is 5.32 Å². The van der Waals surface area contributed by atoms with Gasteiger partial charge in [0, 0.05) is 5.56 Å². The number of benzene rings is 1. The summed E-state index contributed by atoms with van der Waals surface area (Å²) in [7, 11) is 0. The van der Waals surface area contributed by atoms with Crippen molar-refractivity contribution in [3.63, 3.8) is 0 Å². The summed E-state index contributed by atoms with van der Waals surface area (Å²) in [6.07, 6.45) is 2.92. The molecule has 2 rings (SSSR count). The Morgan fingerprint density at radius 3 is 2.82 bits per heavy atom. The van der Waals surface area contributed by atoms with Gasteiger partial charge in [0.05, 0.1) is 6.07 Å². The summed E-state index contributed by atoms with van der Waals surface area (Å²) in [4.78, 5) is 12.1. The van der Waals surface area contributed by atoms with E-state index in [0.29, 0.717) is 11.5 Å². The third kappa shape index (κ3) is 2.65. The average Bonchev–Trinajstić information content (AvgIpc) is 3.19. The minimum atomic E-state index is -0.326. The maximum absolute atomic E-state index is 12.1. The summed E-state index contributed by atoms with van der Waals surface area (Å²) < 4.78 is 0. The molecular formula is C14H16N2O. The second-order valence-electron chi connectivity index (χ2n) is 4.43. The van der Waals surface area contributed by atoms with Crippen LogP contribution in [0.1, 0.15) is 35.7 Å². The van der Waals surface area contributed by atoms with E-state index in [1.807, 2.05) is 31.2 Å². The summed E-state index contributed by atoms with van der Waals surface area (Å²) >= 11 is 0. The predicted molar refractivity (Wildman–Crippen MR) is 65.4 cm³/mol. The van der Waals surface area contributed by atoms with Gasteiger partial charge in [-0.25, -0.2) is 0 Å². The first-order valence-electron chi connectivity index (χ1n) is 6.04. The quantitative estimate of drug-likeness (QED) is 0.859. The second-order valence-corrected chi connectivity index (χ2v) is 4.43. The van der Waals surface area contributed by atoms with Crippen LogP contribution in [0.25, 0.3) is 0 Å². The number of nitriles is 1. The molecule has 1 fully saturated rings. The fourth-order valence-electron chi connectivity index (χ4n) is 1.95. The fraction of sp³-hybridized carbons (Fsp3) is 0.429. The van der Waals surface area contributed by atoms with Crippen LogP contribution in [0.3, 0.4) is 0 Å². The molecule has 0 aliphatic heterocycles. The van der Waals surface area contributed by atoms with E-state index >= 15 is 0 Å². The van der Waals surface area contributed by atoms with Crippen LogP contribution >= 0.6 is 0 Å². The van der Waals surface area contributed by atoms with Gasteiger partial charge in [0.15, 0.2) is 0 Å². The lowest BCUT2D eigenvalue weighted by Crippen LogP contribution is -2.35. The zero-order chi connectivity index (χ0) is 12.3. The predicted octanol–water partition coefficient (Wildman–Crippen LogP) is 2.28. The third-order valence-electron chi connectivity index (χ3n) is 3.16. The Hall–Kier alpha value is -1.82. The molecule has 3 nitrogen and oxygen atoms in total. The molecule has 0 heterocycles. The number of carbonyl (C=O) groups excluding carboxylic acids is 1. The number of hydrogen-bond acceptors (Lipinski definition) is 2. The van der Waals surface area contributed by atoms with Gasteiger partial charge in [-0.1, -0.05) is 25.1 Å². The van der Waals surface area contributed by atoms with Gasteiger partial charge in [-0.05, 0) is 36.8 Å². The van der Waals surface area contributed by atoms with Gasteiger partial charge >= 0.3 is 0 Å². The van der Waals surface area contributed by atoms with Crippen molar-refractivity contribution in [1.82, 2.24) is 5.32 Å². The molecule has 1 aliphatic carbocycles.